The summed E-state index contributed by atoms with van der Waals surface area (Å²) in [5, 5.41) is 4.15. The fourth-order valence-corrected chi connectivity index (χ4v) is 6.26. The van der Waals surface area contributed by atoms with Crippen molar-refractivity contribution in [2.24, 2.45) is 11.8 Å². The molecule has 4 atom stereocenters. The molecule has 0 unspecified atom stereocenters. The summed E-state index contributed by atoms with van der Waals surface area (Å²) >= 11 is 0. The Morgan fingerprint density at radius 3 is 2.84 bits per heavy atom. The Hall–Kier alpha value is -2.34. The van der Waals surface area contributed by atoms with Gasteiger partial charge in [0.25, 0.3) is 0 Å². The van der Waals surface area contributed by atoms with E-state index in [1.54, 1.807) is 7.11 Å². The summed E-state index contributed by atoms with van der Waals surface area (Å²) in [5.41, 5.74) is 3.47. The summed E-state index contributed by atoms with van der Waals surface area (Å²) in [4.78, 5) is 18.0. The van der Waals surface area contributed by atoms with Crippen LogP contribution in [0.4, 0.5) is 0 Å². The van der Waals surface area contributed by atoms with Crippen molar-refractivity contribution in [1.29, 1.82) is 0 Å². The molecule has 1 aromatic heterocycles. The van der Waals surface area contributed by atoms with Gasteiger partial charge in [-0.15, -0.1) is 0 Å². The molecule has 0 spiro atoms. The summed E-state index contributed by atoms with van der Waals surface area (Å²) in [6, 6.07) is 8.97. The van der Waals surface area contributed by atoms with Gasteiger partial charge in [-0.1, -0.05) is 17.3 Å². The predicted octanol–water partition coefficient (Wildman–Crippen LogP) is 3.74. The van der Waals surface area contributed by atoms with Gasteiger partial charge in [-0.05, 0) is 69.1 Å². The normalized spacial score (nSPS) is 28.5. The minimum Gasteiger partial charge on any atom is -0.497 e. The number of hydrogen-bond donors (Lipinski definition) is 0. The molecule has 5 rings (SSSR count). The SMILES string of the molecule is COc1cccc(C[C@H]2[C@H]3C[C@H](CN(Cc4c(C)noc4C)C3)[C@@H]3CCCC(=O)N32)c1. The molecule has 1 aromatic carbocycles. The monoisotopic (exact) mass is 423 g/mol. The number of ether oxygens (including phenoxy) is 1. The van der Waals surface area contributed by atoms with E-state index in [0.29, 0.717) is 30.2 Å². The Labute approximate surface area is 184 Å². The number of aromatic nitrogens is 1. The van der Waals surface area contributed by atoms with Crippen molar-refractivity contribution in [3.05, 3.63) is 46.8 Å². The van der Waals surface area contributed by atoms with Gasteiger partial charge >= 0.3 is 0 Å². The van der Waals surface area contributed by atoms with Crippen molar-refractivity contribution < 1.29 is 14.1 Å². The van der Waals surface area contributed by atoms with Crippen LogP contribution < -0.4 is 4.74 Å². The van der Waals surface area contributed by atoms with Gasteiger partial charge in [0.1, 0.15) is 11.5 Å². The maximum atomic E-state index is 13.1. The van der Waals surface area contributed by atoms with Crippen molar-refractivity contribution >= 4 is 5.91 Å². The van der Waals surface area contributed by atoms with Gasteiger partial charge in [0.05, 0.1) is 12.8 Å². The smallest absolute Gasteiger partial charge is 0.223 e. The van der Waals surface area contributed by atoms with Crippen LogP contribution in [0.15, 0.2) is 28.8 Å². The molecule has 6 nitrogen and oxygen atoms in total. The fraction of sp³-hybridized carbons (Fsp3) is 0.600. The number of rotatable bonds is 5. The quantitative estimate of drug-likeness (QED) is 0.733. The van der Waals surface area contributed by atoms with Crippen LogP contribution >= 0.6 is 0 Å². The van der Waals surface area contributed by atoms with E-state index in [1.807, 2.05) is 19.9 Å². The van der Waals surface area contributed by atoms with Crippen molar-refractivity contribution in [3.63, 3.8) is 0 Å². The van der Waals surface area contributed by atoms with Crippen molar-refractivity contribution in [3.8, 4) is 5.75 Å². The van der Waals surface area contributed by atoms with E-state index in [2.05, 4.69) is 33.2 Å². The van der Waals surface area contributed by atoms with Crippen molar-refractivity contribution in [1.82, 2.24) is 15.0 Å². The number of carbonyl (C=O) groups is 1. The summed E-state index contributed by atoms with van der Waals surface area (Å²) in [7, 11) is 1.71. The molecular weight excluding hydrogens is 390 g/mol. The fourth-order valence-electron chi connectivity index (χ4n) is 6.26. The third-order valence-electron chi connectivity index (χ3n) is 7.71. The molecule has 4 heterocycles. The summed E-state index contributed by atoms with van der Waals surface area (Å²) in [5.74, 6) is 3.22. The lowest BCUT2D eigenvalue weighted by Gasteiger charge is -2.57. The molecule has 1 amide bonds. The number of piperidine rings is 3. The number of carbonyl (C=O) groups excluding carboxylic acids is 1. The van der Waals surface area contributed by atoms with Crippen LogP contribution in [-0.4, -0.2) is 53.1 Å². The van der Waals surface area contributed by atoms with E-state index >= 15 is 0 Å². The first-order chi connectivity index (χ1) is 15.0. The highest BCUT2D eigenvalue weighted by Crippen LogP contribution is 2.43. The second-order valence-electron chi connectivity index (χ2n) is 9.64. The third kappa shape index (κ3) is 3.86. The number of likely N-dealkylation sites (tertiary alicyclic amines) is 1. The molecule has 0 saturated carbocycles. The van der Waals surface area contributed by atoms with E-state index in [0.717, 1.165) is 56.1 Å². The number of amides is 1. The van der Waals surface area contributed by atoms with Gasteiger partial charge in [-0.3, -0.25) is 9.69 Å². The van der Waals surface area contributed by atoms with Crippen molar-refractivity contribution in [2.75, 3.05) is 20.2 Å². The van der Waals surface area contributed by atoms with Crippen LogP contribution in [0.1, 0.15) is 48.3 Å². The van der Waals surface area contributed by atoms with Gasteiger partial charge in [-0.25, -0.2) is 0 Å². The largest absolute Gasteiger partial charge is 0.497 e. The highest BCUT2D eigenvalue weighted by atomic mass is 16.5. The second kappa shape index (κ2) is 8.30. The number of hydrogen-bond acceptors (Lipinski definition) is 5. The Bertz CT molecular complexity index is 936. The van der Waals surface area contributed by atoms with Crippen LogP contribution in [0, 0.1) is 25.7 Å². The molecule has 3 fully saturated rings. The average molecular weight is 424 g/mol. The number of benzene rings is 1. The lowest BCUT2D eigenvalue weighted by Crippen LogP contribution is -2.65. The van der Waals surface area contributed by atoms with Crippen LogP contribution in [0.25, 0.3) is 0 Å². The van der Waals surface area contributed by atoms with Gasteiger partial charge in [0.2, 0.25) is 5.91 Å². The zero-order chi connectivity index (χ0) is 21.5. The molecule has 3 aliphatic heterocycles. The first-order valence-corrected chi connectivity index (χ1v) is 11.6. The summed E-state index contributed by atoms with van der Waals surface area (Å²) in [6.07, 6.45) is 4.98. The van der Waals surface area contributed by atoms with E-state index in [4.69, 9.17) is 9.26 Å². The van der Waals surface area contributed by atoms with Crippen LogP contribution in [0.5, 0.6) is 5.75 Å². The standard InChI is InChI=1S/C25H33N3O3/c1-16-22(17(2)31-26-16)15-27-13-19-12-20(14-27)24(28-23(19)8-5-9-25(28)29)11-18-6-4-7-21(10-18)30-3/h4,6-7,10,19-20,23-24H,5,8-9,11-15H2,1-3H3/t19-,20+,23+,24+/m1/s1. The Kier molecular flexibility index (Phi) is 5.51. The summed E-state index contributed by atoms with van der Waals surface area (Å²) < 4.78 is 10.9. The van der Waals surface area contributed by atoms with Gasteiger partial charge in [-0.2, -0.15) is 0 Å². The minimum absolute atomic E-state index is 0.258. The first kappa shape index (κ1) is 20.6. The number of methoxy groups -OCH3 is 1. The van der Waals surface area contributed by atoms with Crippen molar-refractivity contribution in [2.45, 2.75) is 64.6 Å². The van der Waals surface area contributed by atoms with Gasteiger partial charge in [0, 0.05) is 43.7 Å². The lowest BCUT2D eigenvalue weighted by molar-refractivity contribution is -0.152. The van der Waals surface area contributed by atoms with Gasteiger partial charge in [0.15, 0.2) is 0 Å². The van der Waals surface area contributed by atoms with Crippen LogP contribution in [-0.2, 0) is 17.8 Å². The molecule has 2 bridgehead atoms. The van der Waals surface area contributed by atoms with E-state index in [-0.39, 0.29) is 6.04 Å². The van der Waals surface area contributed by atoms with E-state index in [9.17, 15) is 4.79 Å². The second-order valence-corrected chi connectivity index (χ2v) is 9.64. The predicted molar refractivity (Wildman–Crippen MR) is 118 cm³/mol. The zero-order valence-corrected chi connectivity index (χ0v) is 18.8. The molecule has 166 valence electrons. The van der Waals surface area contributed by atoms with Crippen LogP contribution in [0.2, 0.25) is 0 Å². The molecule has 0 aliphatic carbocycles. The van der Waals surface area contributed by atoms with E-state index in [1.165, 1.54) is 17.5 Å². The highest BCUT2D eigenvalue weighted by Gasteiger charge is 2.49. The first-order valence-electron chi connectivity index (χ1n) is 11.6. The van der Waals surface area contributed by atoms with Gasteiger partial charge < -0.3 is 14.2 Å². The topological polar surface area (TPSA) is 58.8 Å². The highest BCUT2D eigenvalue weighted by molar-refractivity contribution is 5.78. The molecule has 0 N–H and O–H groups in total. The maximum absolute atomic E-state index is 13.1. The molecule has 3 saturated heterocycles. The van der Waals surface area contributed by atoms with Crippen LogP contribution in [0.3, 0.4) is 0 Å². The number of nitrogens with zero attached hydrogens (tertiary/aromatic N) is 3. The molecule has 2 aromatic rings. The maximum Gasteiger partial charge on any atom is 0.223 e. The van der Waals surface area contributed by atoms with E-state index < -0.39 is 0 Å². The molecular formula is C25H33N3O3. The molecule has 6 heteroatoms. The number of aryl methyl sites for hydroxylation is 2. The average Bonchev–Trinajstić information content (AvgIpc) is 3.09. The molecule has 31 heavy (non-hydrogen) atoms. The Morgan fingerprint density at radius 1 is 1.23 bits per heavy atom. The minimum atomic E-state index is 0.258. The molecule has 3 aliphatic rings. The third-order valence-corrected chi connectivity index (χ3v) is 7.71. The number of fused-ring (bicyclic) bond motifs is 4. The summed E-state index contributed by atoms with van der Waals surface area (Å²) in [6.45, 7) is 7.00. The molecule has 0 radical (unpaired) electrons. The Balaban J connectivity index is 1.42. The lowest BCUT2D eigenvalue weighted by atomic mass is 9.70. The Morgan fingerprint density at radius 2 is 2.06 bits per heavy atom. The zero-order valence-electron chi connectivity index (χ0n) is 18.8.